The molecule has 31 heavy (non-hydrogen) atoms. The third kappa shape index (κ3) is 5.31. The number of rotatable bonds is 5. The van der Waals surface area contributed by atoms with Crippen molar-refractivity contribution in [1.29, 1.82) is 0 Å². The van der Waals surface area contributed by atoms with Crippen molar-refractivity contribution in [3.63, 3.8) is 0 Å². The maximum Gasteiger partial charge on any atom is 0.388 e. The van der Waals surface area contributed by atoms with E-state index in [0.29, 0.717) is 23.4 Å². The highest BCUT2D eigenvalue weighted by Gasteiger charge is 2.15. The minimum atomic E-state index is -3.07. The maximum atomic E-state index is 14.3. The molecule has 2 heterocycles. The molecule has 4 nitrogen and oxygen atoms in total. The Labute approximate surface area is 176 Å². The van der Waals surface area contributed by atoms with Gasteiger partial charge in [0.25, 0.3) is 5.88 Å². The third-order valence-electron chi connectivity index (χ3n) is 4.33. The Hall–Kier alpha value is -4.05. The van der Waals surface area contributed by atoms with Crippen LogP contribution in [-0.4, -0.2) is 21.4 Å². The summed E-state index contributed by atoms with van der Waals surface area (Å²) < 4.78 is 45.8. The van der Waals surface area contributed by atoms with Crippen LogP contribution in [0.4, 0.5) is 13.2 Å². The Bertz CT molecular complexity index is 1230. The van der Waals surface area contributed by atoms with Crippen LogP contribution in [0.5, 0.6) is 5.88 Å². The number of ether oxygens (including phenoxy) is 1. The van der Waals surface area contributed by atoms with Gasteiger partial charge in [-0.1, -0.05) is 42.3 Å². The van der Waals surface area contributed by atoms with Gasteiger partial charge in [-0.25, -0.2) is 14.1 Å². The smallest absolute Gasteiger partial charge is 0.388 e. The molecule has 0 aliphatic rings. The molecule has 7 heteroatoms. The zero-order valence-electron chi connectivity index (χ0n) is 16.2. The molecule has 0 aliphatic carbocycles. The molecule has 4 aromatic rings. The van der Waals surface area contributed by atoms with E-state index in [1.807, 2.05) is 30.3 Å². The van der Waals surface area contributed by atoms with Gasteiger partial charge in [-0.3, -0.25) is 0 Å². The van der Waals surface area contributed by atoms with Gasteiger partial charge in [0.05, 0.1) is 11.9 Å². The predicted octanol–water partition coefficient (Wildman–Crippen LogP) is 5.00. The lowest BCUT2D eigenvalue weighted by Gasteiger charge is -2.07. The second kappa shape index (κ2) is 9.18. The molecule has 4 rings (SSSR count). The number of hydrogen-bond donors (Lipinski definition) is 0. The number of halogens is 3. The van der Waals surface area contributed by atoms with Gasteiger partial charge in [-0.15, -0.1) is 5.10 Å². The van der Waals surface area contributed by atoms with Crippen molar-refractivity contribution in [2.45, 2.75) is 13.0 Å². The average molecular weight is 419 g/mol. The first-order chi connectivity index (χ1) is 15.1. The fourth-order valence-corrected chi connectivity index (χ4v) is 3.01. The van der Waals surface area contributed by atoms with E-state index < -0.39 is 12.4 Å². The summed E-state index contributed by atoms with van der Waals surface area (Å²) in [5.74, 6) is 4.73. The zero-order chi connectivity index (χ0) is 21.6. The third-order valence-corrected chi connectivity index (χ3v) is 4.33. The summed E-state index contributed by atoms with van der Waals surface area (Å²) in [6.45, 7) is -3.07. The van der Waals surface area contributed by atoms with Gasteiger partial charge < -0.3 is 4.74 Å². The van der Waals surface area contributed by atoms with Crippen molar-refractivity contribution in [2.75, 3.05) is 0 Å². The molecule has 0 N–H and O–H groups in total. The first-order valence-electron chi connectivity index (χ1n) is 9.38. The highest BCUT2D eigenvalue weighted by atomic mass is 19.3. The number of hydrogen-bond acceptors (Lipinski definition) is 3. The summed E-state index contributed by atoms with van der Waals surface area (Å²) >= 11 is 0. The van der Waals surface area contributed by atoms with E-state index in [1.54, 1.807) is 30.5 Å². The lowest BCUT2D eigenvalue weighted by molar-refractivity contribution is -0.0532. The summed E-state index contributed by atoms with van der Waals surface area (Å²) in [5, 5.41) is 4.05. The Morgan fingerprint density at radius 3 is 2.48 bits per heavy atom. The van der Waals surface area contributed by atoms with Crippen LogP contribution >= 0.6 is 0 Å². The van der Waals surface area contributed by atoms with Crippen LogP contribution in [0.3, 0.4) is 0 Å². The highest BCUT2D eigenvalue weighted by Crippen LogP contribution is 2.22. The first kappa shape index (κ1) is 20.2. The molecule has 0 spiro atoms. The molecule has 0 saturated carbocycles. The minimum absolute atomic E-state index is 0.139. The van der Waals surface area contributed by atoms with E-state index in [9.17, 15) is 13.2 Å². The second-order valence-electron chi connectivity index (χ2n) is 6.62. The summed E-state index contributed by atoms with van der Waals surface area (Å²) in [5.41, 5.74) is 2.71. The zero-order valence-corrected chi connectivity index (χ0v) is 16.2. The van der Waals surface area contributed by atoms with Crippen LogP contribution in [0.2, 0.25) is 0 Å². The van der Waals surface area contributed by atoms with Crippen LogP contribution in [-0.2, 0) is 6.42 Å². The minimum Gasteiger partial charge on any atom is -0.414 e. The standard InChI is InChI=1S/C24H16F3N3O/c25-20-13-18(12-17-6-2-1-3-7-17)14-22(15-20)30-16-19(23(29-30)31-24(26)27)9-10-21-8-4-5-11-28-21/h1-8,11,13-16,24H,12H2. The van der Waals surface area contributed by atoms with E-state index >= 15 is 0 Å². The van der Waals surface area contributed by atoms with Crippen molar-refractivity contribution in [3.05, 3.63) is 107 Å². The molecular weight excluding hydrogens is 403 g/mol. The molecule has 2 aromatic heterocycles. The van der Waals surface area contributed by atoms with Gasteiger partial charge in [-0.05, 0) is 53.8 Å². The fraction of sp³-hybridized carbons (Fsp3) is 0.0833. The SMILES string of the molecule is Fc1cc(Cc2ccccc2)cc(-n2cc(C#Cc3ccccn3)c(OC(F)F)n2)c1. The summed E-state index contributed by atoms with van der Waals surface area (Å²) in [7, 11) is 0. The first-order valence-corrected chi connectivity index (χ1v) is 9.38. The van der Waals surface area contributed by atoms with E-state index in [2.05, 4.69) is 26.7 Å². The molecular formula is C24H16F3N3O. The Kier molecular flexibility index (Phi) is 5.99. The van der Waals surface area contributed by atoms with Gasteiger partial charge >= 0.3 is 6.61 Å². The summed E-state index contributed by atoms with van der Waals surface area (Å²) in [6, 6.07) is 19.2. The van der Waals surface area contributed by atoms with Crippen molar-refractivity contribution >= 4 is 0 Å². The molecule has 0 bridgehead atoms. The van der Waals surface area contributed by atoms with Gasteiger partial charge in [0.2, 0.25) is 0 Å². The Morgan fingerprint density at radius 1 is 0.935 bits per heavy atom. The normalized spacial score (nSPS) is 10.6. The fourth-order valence-electron chi connectivity index (χ4n) is 3.01. The van der Waals surface area contributed by atoms with Crippen LogP contribution in [0.25, 0.3) is 5.69 Å². The van der Waals surface area contributed by atoms with Crippen LogP contribution < -0.4 is 4.74 Å². The van der Waals surface area contributed by atoms with Crippen LogP contribution in [0.1, 0.15) is 22.4 Å². The quantitative estimate of drug-likeness (QED) is 0.428. The van der Waals surface area contributed by atoms with Gasteiger partial charge in [-0.2, -0.15) is 8.78 Å². The molecule has 0 unspecified atom stereocenters. The predicted molar refractivity (Wildman–Crippen MR) is 110 cm³/mol. The average Bonchev–Trinajstić information content (AvgIpc) is 3.15. The number of aromatic nitrogens is 3. The molecule has 0 atom stereocenters. The number of benzene rings is 2. The topological polar surface area (TPSA) is 39.9 Å². The summed E-state index contributed by atoms with van der Waals surface area (Å²) in [4.78, 5) is 4.07. The largest absolute Gasteiger partial charge is 0.414 e. The molecule has 0 saturated heterocycles. The van der Waals surface area contributed by atoms with Crippen molar-refractivity contribution < 1.29 is 17.9 Å². The lowest BCUT2D eigenvalue weighted by atomic mass is 10.0. The van der Waals surface area contributed by atoms with Gasteiger partial charge in [0, 0.05) is 6.20 Å². The van der Waals surface area contributed by atoms with E-state index in [0.717, 1.165) is 5.56 Å². The molecule has 2 aromatic carbocycles. The lowest BCUT2D eigenvalue weighted by Crippen LogP contribution is -2.04. The maximum absolute atomic E-state index is 14.3. The van der Waals surface area contributed by atoms with Crippen molar-refractivity contribution in [1.82, 2.24) is 14.8 Å². The van der Waals surface area contributed by atoms with Crippen LogP contribution in [0.15, 0.2) is 79.1 Å². The number of pyridine rings is 1. The molecule has 0 radical (unpaired) electrons. The van der Waals surface area contributed by atoms with Crippen LogP contribution in [0, 0.1) is 17.7 Å². The summed E-state index contributed by atoms with van der Waals surface area (Å²) in [6.07, 6.45) is 3.51. The van der Waals surface area contributed by atoms with Gasteiger partial charge in [0.1, 0.15) is 17.1 Å². The van der Waals surface area contributed by atoms with Gasteiger partial charge in [0.15, 0.2) is 0 Å². The molecule has 0 aliphatic heterocycles. The van der Waals surface area contributed by atoms with Crippen molar-refractivity contribution in [2.24, 2.45) is 0 Å². The molecule has 154 valence electrons. The number of nitrogens with zero attached hydrogens (tertiary/aromatic N) is 3. The van der Waals surface area contributed by atoms with E-state index in [4.69, 9.17) is 0 Å². The van der Waals surface area contributed by atoms with E-state index in [-0.39, 0.29) is 11.4 Å². The van der Waals surface area contributed by atoms with E-state index in [1.165, 1.54) is 23.0 Å². The second-order valence-corrected chi connectivity index (χ2v) is 6.62. The van der Waals surface area contributed by atoms with Crippen molar-refractivity contribution in [3.8, 4) is 23.4 Å². The Balaban J connectivity index is 1.69. The Morgan fingerprint density at radius 2 is 1.74 bits per heavy atom. The molecule has 0 fully saturated rings. The monoisotopic (exact) mass is 419 g/mol. The molecule has 0 amide bonds. The highest BCUT2D eigenvalue weighted by molar-refractivity contribution is 5.47. The number of alkyl halides is 2.